The first kappa shape index (κ1) is 44.5. The molecule has 57 heavy (non-hydrogen) atoms. The molecule has 0 bridgehead atoms. The zero-order valence-corrected chi connectivity index (χ0v) is 36.9. The Labute approximate surface area is 338 Å². The van der Waals surface area contributed by atoms with Crippen LogP contribution in [0.15, 0.2) is 97.1 Å². The third kappa shape index (κ3) is 13.4. The van der Waals surface area contributed by atoms with Crippen molar-refractivity contribution < 1.29 is 57.1 Å². The van der Waals surface area contributed by atoms with Crippen LogP contribution < -0.4 is 33.4 Å². The molecule has 0 saturated carbocycles. The first-order valence-corrected chi connectivity index (χ1v) is 22.8. The molecule has 0 aliphatic carbocycles. The Bertz CT molecular complexity index is 1710. The molecule has 0 amide bonds. The molecule has 0 atom stereocenters. The van der Waals surface area contributed by atoms with Crippen LogP contribution in [-0.2, 0) is 18.9 Å². The molecule has 0 fully saturated rings. The van der Waals surface area contributed by atoms with E-state index in [0.29, 0.717) is 0 Å². The fourth-order valence-electron chi connectivity index (χ4n) is 5.13. The predicted octanol–water partition coefficient (Wildman–Crippen LogP) is 8.32. The number of hydrogen-bond donors (Lipinski definition) is 0. The zero-order valence-electron chi connectivity index (χ0n) is 34.5. The third-order valence-electron chi connectivity index (χ3n) is 7.07. The molecule has 0 spiro atoms. The standard InChI is InChI=1S/C44H52O12Te/c1-41(2,3)53-37(45)49-29-13-21-33(22-14-29)57(34-23-15-30(16-24-34)50-38(46)54-42(4,5)6,35-25-17-31(18-26-35)51-39(47)55-43(7,8)9)36-27-19-32(20-28-36)52-40(48)56-44(10,11)12/h13-28H,1-12H3. The number of carbonyl (C=O) groups is 4. The zero-order chi connectivity index (χ0) is 42.4. The van der Waals surface area contributed by atoms with Crippen molar-refractivity contribution in [3.63, 3.8) is 0 Å². The molecule has 306 valence electrons. The Hall–Kier alpha value is -5.25. The van der Waals surface area contributed by atoms with Crippen molar-refractivity contribution in [2.45, 2.75) is 105 Å². The van der Waals surface area contributed by atoms with E-state index in [1.165, 1.54) is 0 Å². The van der Waals surface area contributed by atoms with E-state index < -0.39 is 65.2 Å². The van der Waals surface area contributed by atoms with Crippen LogP contribution in [0.1, 0.15) is 83.1 Å². The summed E-state index contributed by atoms with van der Waals surface area (Å²) in [5.74, 6) is 1.09. The van der Waals surface area contributed by atoms with Crippen molar-refractivity contribution in [2.75, 3.05) is 0 Å². The molecule has 4 rings (SSSR count). The quantitative estimate of drug-likeness (QED) is 0.0727. The first-order valence-electron chi connectivity index (χ1n) is 18.2. The van der Waals surface area contributed by atoms with Gasteiger partial charge in [-0.1, -0.05) is 0 Å². The Morgan fingerprint density at radius 1 is 0.316 bits per heavy atom. The SMILES string of the molecule is CC(C)(C)OC(=O)Oc1ccc([Te](c2ccc(OC(=O)OC(C)(C)C)cc2)(c2ccc(OC(=O)OC(C)(C)C)cc2)c2ccc(OC(=O)OC(C)(C)C)cc2)cc1. The third-order valence-corrected chi connectivity index (χ3v) is 18.3. The van der Waals surface area contributed by atoms with E-state index >= 15 is 0 Å². The Morgan fingerprint density at radius 2 is 0.474 bits per heavy atom. The van der Waals surface area contributed by atoms with Crippen molar-refractivity contribution in [1.29, 1.82) is 0 Å². The predicted molar refractivity (Wildman–Crippen MR) is 218 cm³/mol. The van der Waals surface area contributed by atoms with Gasteiger partial charge in [-0.2, -0.15) is 0 Å². The number of benzene rings is 4. The molecular formula is C44H52O12Te. The fourth-order valence-corrected chi connectivity index (χ4v) is 16.0. The average molecular weight is 900 g/mol. The molecule has 0 saturated heterocycles. The van der Waals surface area contributed by atoms with Gasteiger partial charge < -0.3 is 0 Å². The number of carbonyl (C=O) groups excluding carboxylic acids is 4. The molecule has 0 aliphatic rings. The van der Waals surface area contributed by atoms with Gasteiger partial charge in [0, 0.05) is 0 Å². The van der Waals surface area contributed by atoms with Gasteiger partial charge in [-0.25, -0.2) is 0 Å². The molecule has 12 nitrogen and oxygen atoms in total. The van der Waals surface area contributed by atoms with Crippen LogP contribution in [0.2, 0.25) is 0 Å². The number of hydrogen-bond acceptors (Lipinski definition) is 12. The van der Waals surface area contributed by atoms with Gasteiger partial charge in [0.15, 0.2) is 0 Å². The van der Waals surface area contributed by atoms with Crippen LogP contribution in [0.4, 0.5) is 19.2 Å². The molecule has 0 unspecified atom stereocenters. The summed E-state index contributed by atoms with van der Waals surface area (Å²) < 4.78 is 47.1. The van der Waals surface area contributed by atoms with Crippen molar-refractivity contribution >= 4 is 57.2 Å². The molecule has 0 aliphatic heterocycles. The van der Waals surface area contributed by atoms with E-state index in [4.69, 9.17) is 37.9 Å². The van der Waals surface area contributed by atoms with Gasteiger partial charge in [-0.3, -0.25) is 0 Å². The van der Waals surface area contributed by atoms with Crippen LogP contribution >= 0.6 is 0 Å². The van der Waals surface area contributed by atoms with Gasteiger partial charge in [-0.05, 0) is 0 Å². The summed E-state index contributed by atoms with van der Waals surface area (Å²) in [4.78, 5) is 50.2. The Kier molecular flexibility index (Phi) is 13.6. The molecular weight excluding hydrogens is 848 g/mol. The van der Waals surface area contributed by atoms with Crippen molar-refractivity contribution in [3.8, 4) is 23.0 Å². The summed E-state index contributed by atoms with van der Waals surface area (Å²) in [6.45, 7) is 21.0. The van der Waals surface area contributed by atoms with Crippen LogP contribution in [0, 0.1) is 0 Å². The molecule has 13 heteroatoms. The van der Waals surface area contributed by atoms with E-state index in [1.54, 1.807) is 132 Å². The normalized spacial score (nSPS) is 12.4. The molecule has 0 radical (unpaired) electrons. The molecule has 4 aromatic carbocycles. The Balaban J connectivity index is 1.90. The summed E-state index contributed by atoms with van der Waals surface area (Å²) in [6.07, 6.45) is -3.37. The van der Waals surface area contributed by atoms with Gasteiger partial charge in [0.05, 0.1) is 0 Å². The second kappa shape index (κ2) is 17.5. The monoisotopic (exact) mass is 902 g/mol. The minimum atomic E-state index is -4.22. The van der Waals surface area contributed by atoms with E-state index in [9.17, 15) is 19.2 Å². The topological polar surface area (TPSA) is 142 Å². The number of ether oxygens (including phenoxy) is 8. The van der Waals surface area contributed by atoms with Gasteiger partial charge >= 0.3 is 340 Å². The van der Waals surface area contributed by atoms with E-state index in [0.717, 1.165) is 14.4 Å². The van der Waals surface area contributed by atoms with Crippen LogP contribution in [-0.4, -0.2) is 65.2 Å². The van der Waals surface area contributed by atoms with E-state index in [1.807, 2.05) is 48.5 Å². The second-order valence-electron chi connectivity index (χ2n) is 16.8. The fraction of sp³-hybridized carbons (Fsp3) is 0.364. The number of rotatable bonds is 8. The molecule has 0 aromatic heterocycles. The minimum absolute atomic E-state index is 0.271. The summed E-state index contributed by atoms with van der Waals surface area (Å²) in [5.41, 5.74) is -3.00. The summed E-state index contributed by atoms with van der Waals surface area (Å²) in [6, 6.07) is 28.7. The van der Waals surface area contributed by atoms with Crippen LogP contribution in [0.25, 0.3) is 0 Å². The first-order chi connectivity index (χ1) is 26.3. The van der Waals surface area contributed by atoms with Crippen molar-refractivity contribution in [1.82, 2.24) is 0 Å². The Morgan fingerprint density at radius 3 is 0.614 bits per heavy atom. The molecule has 4 aromatic rings. The summed E-state index contributed by atoms with van der Waals surface area (Å²) in [5, 5.41) is 0. The van der Waals surface area contributed by atoms with Gasteiger partial charge in [0.25, 0.3) is 0 Å². The maximum atomic E-state index is 12.6. The van der Waals surface area contributed by atoms with Crippen molar-refractivity contribution in [3.05, 3.63) is 97.1 Å². The van der Waals surface area contributed by atoms with Crippen LogP contribution in [0.3, 0.4) is 0 Å². The van der Waals surface area contributed by atoms with Crippen LogP contribution in [0.5, 0.6) is 23.0 Å². The molecule has 0 heterocycles. The average Bonchev–Trinajstić information content (AvgIpc) is 3.04. The summed E-state index contributed by atoms with van der Waals surface area (Å²) >= 11 is -4.22. The molecule has 0 N–H and O–H groups in total. The van der Waals surface area contributed by atoms with Gasteiger partial charge in [-0.15, -0.1) is 0 Å². The second-order valence-corrected chi connectivity index (χ2v) is 25.6. The van der Waals surface area contributed by atoms with Gasteiger partial charge in [0.1, 0.15) is 0 Å². The van der Waals surface area contributed by atoms with Crippen molar-refractivity contribution in [2.24, 2.45) is 0 Å². The summed E-state index contributed by atoms with van der Waals surface area (Å²) in [7, 11) is 0. The van der Waals surface area contributed by atoms with E-state index in [-0.39, 0.29) is 23.0 Å². The maximum absolute atomic E-state index is 12.6. The van der Waals surface area contributed by atoms with Gasteiger partial charge in [0.2, 0.25) is 0 Å². The van der Waals surface area contributed by atoms with E-state index in [2.05, 4.69) is 0 Å².